The molecule has 1 atom stereocenters. The van der Waals surface area contributed by atoms with E-state index in [9.17, 15) is 9.59 Å². The summed E-state index contributed by atoms with van der Waals surface area (Å²) in [6, 6.07) is 15.8. The summed E-state index contributed by atoms with van der Waals surface area (Å²) in [4.78, 5) is 30.2. The van der Waals surface area contributed by atoms with Crippen LogP contribution in [-0.2, 0) is 16.0 Å². The highest BCUT2D eigenvalue weighted by molar-refractivity contribution is 7.10. The number of rotatable bonds is 8. The molecule has 1 saturated carbocycles. The summed E-state index contributed by atoms with van der Waals surface area (Å²) in [6.45, 7) is 0.131. The lowest BCUT2D eigenvalue weighted by Gasteiger charge is -2.32. The molecule has 7 nitrogen and oxygen atoms in total. The van der Waals surface area contributed by atoms with Crippen LogP contribution in [0.2, 0.25) is 0 Å². The highest BCUT2D eigenvalue weighted by Crippen LogP contribution is 2.39. The van der Waals surface area contributed by atoms with Gasteiger partial charge in [0.2, 0.25) is 18.6 Å². The molecule has 2 heterocycles. The van der Waals surface area contributed by atoms with E-state index in [4.69, 9.17) is 14.2 Å². The minimum atomic E-state index is -0.852. The highest BCUT2D eigenvalue weighted by Gasteiger charge is 2.35. The van der Waals surface area contributed by atoms with E-state index >= 15 is 0 Å². The molecule has 2 amide bonds. The summed E-state index contributed by atoms with van der Waals surface area (Å²) in [5.74, 6) is 1.49. The Hall–Kier alpha value is -3.52. The first-order chi connectivity index (χ1) is 17.1. The first kappa shape index (κ1) is 23.2. The molecule has 1 N–H and O–H groups in total. The maximum Gasteiger partial charge on any atom is 0.248 e. The Morgan fingerprint density at radius 3 is 2.57 bits per heavy atom. The van der Waals surface area contributed by atoms with Crippen LogP contribution in [-0.4, -0.2) is 31.8 Å². The molecule has 0 spiro atoms. The SMILES string of the molecule is COc1ccc([C@H](C(=O)NC2CCCC2)N(C(=O)Cc2cccs2)c2ccc3c(c2)OCO3)cc1. The summed E-state index contributed by atoms with van der Waals surface area (Å²) in [5, 5.41) is 5.15. The molecule has 2 aromatic carbocycles. The molecule has 35 heavy (non-hydrogen) atoms. The predicted octanol–water partition coefficient (Wildman–Crippen LogP) is 4.86. The van der Waals surface area contributed by atoms with Crippen molar-refractivity contribution in [2.24, 2.45) is 0 Å². The van der Waals surface area contributed by atoms with Gasteiger partial charge < -0.3 is 19.5 Å². The number of methoxy groups -OCH3 is 1. The molecule has 1 aliphatic heterocycles. The molecular formula is C27H28N2O5S. The monoisotopic (exact) mass is 492 g/mol. The van der Waals surface area contributed by atoms with Crippen LogP contribution in [0.25, 0.3) is 0 Å². The average Bonchev–Trinajstić information content (AvgIpc) is 3.65. The van der Waals surface area contributed by atoms with Crippen molar-refractivity contribution in [3.05, 3.63) is 70.4 Å². The lowest BCUT2D eigenvalue weighted by Crippen LogP contribution is -2.46. The standard InChI is InChI=1S/C27H28N2O5S/c1-32-21-11-8-18(9-12-21)26(27(31)28-19-5-2-3-6-19)29(25(30)16-22-7-4-14-35-22)20-10-13-23-24(15-20)34-17-33-23/h4,7-15,19,26H,2-3,5-6,16-17H2,1H3,(H,28,31)/t26-/m1/s1. The number of nitrogens with one attached hydrogen (secondary N) is 1. The Morgan fingerprint density at radius 1 is 1.09 bits per heavy atom. The quantitative estimate of drug-likeness (QED) is 0.486. The molecule has 2 aliphatic rings. The topological polar surface area (TPSA) is 77.1 Å². The summed E-state index contributed by atoms with van der Waals surface area (Å²) in [5.41, 5.74) is 1.29. The molecular weight excluding hydrogens is 464 g/mol. The summed E-state index contributed by atoms with van der Waals surface area (Å²) >= 11 is 1.52. The number of nitrogens with zero attached hydrogens (tertiary/aromatic N) is 1. The van der Waals surface area contributed by atoms with Crippen molar-refractivity contribution < 1.29 is 23.8 Å². The van der Waals surface area contributed by atoms with Crippen molar-refractivity contribution >= 4 is 28.8 Å². The van der Waals surface area contributed by atoms with Gasteiger partial charge in [0.05, 0.1) is 13.5 Å². The van der Waals surface area contributed by atoms with Gasteiger partial charge in [-0.3, -0.25) is 14.5 Å². The zero-order valence-electron chi connectivity index (χ0n) is 19.6. The number of carbonyl (C=O) groups is 2. The maximum absolute atomic E-state index is 13.8. The van der Waals surface area contributed by atoms with Crippen LogP contribution < -0.4 is 24.4 Å². The second kappa shape index (κ2) is 10.4. The van der Waals surface area contributed by atoms with Gasteiger partial charge in [-0.05, 0) is 54.1 Å². The molecule has 0 radical (unpaired) electrons. The molecule has 1 fully saturated rings. The fourth-order valence-corrected chi connectivity index (χ4v) is 5.37. The lowest BCUT2D eigenvalue weighted by atomic mass is 10.0. The number of thiophene rings is 1. The fourth-order valence-electron chi connectivity index (χ4n) is 4.67. The van der Waals surface area contributed by atoms with Gasteiger partial charge in [-0.15, -0.1) is 11.3 Å². The largest absolute Gasteiger partial charge is 0.497 e. The second-order valence-electron chi connectivity index (χ2n) is 8.72. The van der Waals surface area contributed by atoms with Crippen molar-refractivity contribution in [3.8, 4) is 17.2 Å². The molecule has 182 valence electrons. The van der Waals surface area contributed by atoms with Crippen LogP contribution in [0.4, 0.5) is 5.69 Å². The molecule has 8 heteroatoms. The fraction of sp³-hybridized carbons (Fsp3) is 0.333. The summed E-state index contributed by atoms with van der Waals surface area (Å²) < 4.78 is 16.4. The number of carbonyl (C=O) groups excluding carboxylic acids is 2. The summed E-state index contributed by atoms with van der Waals surface area (Å²) in [7, 11) is 1.60. The van der Waals surface area contributed by atoms with E-state index in [1.165, 1.54) is 11.3 Å². The van der Waals surface area contributed by atoms with Crippen molar-refractivity contribution in [2.75, 3.05) is 18.8 Å². The molecule has 1 aliphatic carbocycles. The smallest absolute Gasteiger partial charge is 0.248 e. The third-order valence-corrected chi connectivity index (χ3v) is 7.32. The van der Waals surface area contributed by atoms with Crippen molar-refractivity contribution in [3.63, 3.8) is 0 Å². The van der Waals surface area contributed by atoms with Gasteiger partial charge in [0.15, 0.2) is 11.5 Å². The van der Waals surface area contributed by atoms with E-state index in [0.717, 1.165) is 30.6 Å². The Labute approximate surface area is 208 Å². The van der Waals surface area contributed by atoms with Gasteiger partial charge in [-0.2, -0.15) is 0 Å². The van der Waals surface area contributed by atoms with E-state index in [0.29, 0.717) is 28.5 Å². The Kier molecular flexibility index (Phi) is 6.90. The third-order valence-electron chi connectivity index (χ3n) is 6.45. The molecule has 0 saturated heterocycles. The number of amides is 2. The van der Waals surface area contributed by atoms with E-state index in [-0.39, 0.29) is 31.1 Å². The normalized spacial score (nSPS) is 15.6. The maximum atomic E-state index is 13.8. The first-order valence-corrected chi connectivity index (χ1v) is 12.7. The van der Waals surface area contributed by atoms with Gasteiger partial charge in [-0.25, -0.2) is 0 Å². The van der Waals surface area contributed by atoms with Crippen LogP contribution in [0.5, 0.6) is 17.2 Å². The van der Waals surface area contributed by atoms with Crippen LogP contribution in [0, 0.1) is 0 Å². The van der Waals surface area contributed by atoms with E-state index in [1.807, 2.05) is 41.8 Å². The van der Waals surface area contributed by atoms with E-state index < -0.39 is 6.04 Å². The number of hydrogen-bond acceptors (Lipinski definition) is 6. The van der Waals surface area contributed by atoms with Crippen molar-refractivity contribution in [1.29, 1.82) is 0 Å². The predicted molar refractivity (Wildman–Crippen MR) is 134 cm³/mol. The molecule has 0 unspecified atom stereocenters. The Balaban J connectivity index is 1.56. The number of benzene rings is 2. The Bertz CT molecular complexity index is 1170. The van der Waals surface area contributed by atoms with E-state index in [1.54, 1.807) is 30.2 Å². The molecule has 5 rings (SSSR count). The van der Waals surface area contributed by atoms with Gasteiger partial charge in [-0.1, -0.05) is 31.0 Å². The number of fused-ring (bicyclic) bond motifs is 1. The zero-order valence-corrected chi connectivity index (χ0v) is 20.4. The zero-order chi connectivity index (χ0) is 24.2. The van der Waals surface area contributed by atoms with Gasteiger partial charge in [0.25, 0.3) is 0 Å². The molecule has 3 aromatic rings. The minimum Gasteiger partial charge on any atom is -0.497 e. The van der Waals surface area contributed by atoms with Crippen LogP contribution >= 0.6 is 11.3 Å². The van der Waals surface area contributed by atoms with Gasteiger partial charge in [0.1, 0.15) is 11.8 Å². The van der Waals surface area contributed by atoms with Crippen LogP contribution in [0.1, 0.15) is 42.2 Å². The lowest BCUT2D eigenvalue weighted by molar-refractivity contribution is -0.127. The van der Waals surface area contributed by atoms with Crippen molar-refractivity contribution in [1.82, 2.24) is 5.32 Å². The summed E-state index contributed by atoms with van der Waals surface area (Å²) in [6.07, 6.45) is 4.29. The third kappa shape index (κ3) is 5.12. The van der Waals surface area contributed by atoms with Crippen LogP contribution in [0.3, 0.4) is 0 Å². The Morgan fingerprint density at radius 2 is 1.86 bits per heavy atom. The second-order valence-corrected chi connectivity index (χ2v) is 9.76. The number of anilines is 1. The number of hydrogen-bond donors (Lipinski definition) is 1. The van der Waals surface area contributed by atoms with E-state index in [2.05, 4.69) is 5.32 Å². The first-order valence-electron chi connectivity index (χ1n) is 11.8. The van der Waals surface area contributed by atoms with Gasteiger partial charge >= 0.3 is 0 Å². The molecule has 1 aromatic heterocycles. The molecule has 0 bridgehead atoms. The van der Waals surface area contributed by atoms with Gasteiger partial charge in [0, 0.05) is 22.7 Å². The average molecular weight is 493 g/mol. The number of ether oxygens (including phenoxy) is 3. The minimum absolute atomic E-state index is 0.120. The van der Waals surface area contributed by atoms with Crippen LogP contribution in [0.15, 0.2) is 60.0 Å². The highest BCUT2D eigenvalue weighted by atomic mass is 32.1. The van der Waals surface area contributed by atoms with Crippen molar-refractivity contribution in [2.45, 2.75) is 44.2 Å².